The highest BCUT2D eigenvalue weighted by molar-refractivity contribution is 5.92. The number of alkyl halides is 3. The van der Waals surface area contributed by atoms with Gasteiger partial charge in [0.15, 0.2) is 0 Å². The number of carboxylic acid groups (broad SMARTS) is 1. The standard InChI is InChI=1S/C43H52F2N6O7.C2HF3O2/c1-43(2,3)40(36-21-30(32-22-31(44)16-17-33(32)45)25-50(36)24-28-11-6-4-7-12-28)51(38(54)26-52)20-18-35(49-41(56)34(46)23-37(47)53)42(57)48-19-10-15-39(55)58-27-29-13-8-5-9-14-29;3-2(4,5)1(6)7/h4-9,11-14,16-17,21-22,25,34-35,40,52H,10,15,18-20,23-24,26-27,46H2,1-3H3,(H2,47,53)(H,48,57)(H,49,56);(H,6,7)/t34-,35-,40-;/m0./s1. The van der Waals surface area contributed by atoms with Gasteiger partial charge in [-0.2, -0.15) is 13.2 Å². The third-order valence-corrected chi connectivity index (χ3v) is 9.62. The third kappa shape index (κ3) is 17.1. The van der Waals surface area contributed by atoms with E-state index in [-0.39, 0.29) is 44.5 Å². The molecule has 4 rings (SSSR count). The maximum Gasteiger partial charge on any atom is 0.490 e. The lowest BCUT2D eigenvalue weighted by atomic mass is 9.82. The maximum atomic E-state index is 15.2. The van der Waals surface area contributed by atoms with Crippen LogP contribution in [0.1, 0.15) is 69.3 Å². The van der Waals surface area contributed by atoms with Crippen molar-refractivity contribution in [3.8, 4) is 11.1 Å². The van der Waals surface area contributed by atoms with Crippen LogP contribution in [0, 0.1) is 17.0 Å². The molecule has 20 heteroatoms. The molecule has 3 atom stereocenters. The second-order valence-corrected chi connectivity index (χ2v) is 15.9. The lowest BCUT2D eigenvalue weighted by molar-refractivity contribution is -0.192. The number of esters is 1. The van der Waals surface area contributed by atoms with Crippen molar-refractivity contribution in [3.63, 3.8) is 0 Å². The number of nitrogens with two attached hydrogens (primary N) is 2. The molecule has 15 nitrogen and oxygen atoms in total. The normalized spacial score (nSPS) is 12.7. The van der Waals surface area contributed by atoms with E-state index in [9.17, 15) is 46.6 Å². The largest absolute Gasteiger partial charge is 0.490 e. The first-order chi connectivity index (χ1) is 30.5. The predicted molar refractivity (Wildman–Crippen MR) is 227 cm³/mol. The van der Waals surface area contributed by atoms with E-state index in [0.717, 1.165) is 29.3 Å². The number of nitrogens with zero attached hydrogens (tertiary/aromatic N) is 2. The van der Waals surface area contributed by atoms with E-state index < -0.39 is 89.9 Å². The first-order valence-electron chi connectivity index (χ1n) is 20.2. The van der Waals surface area contributed by atoms with Crippen molar-refractivity contribution >= 4 is 35.6 Å². The summed E-state index contributed by atoms with van der Waals surface area (Å²) in [5.74, 6) is -7.53. The number of carbonyl (C=O) groups is 6. The zero-order valence-electron chi connectivity index (χ0n) is 35.9. The van der Waals surface area contributed by atoms with E-state index in [1.54, 1.807) is 12.3 Å². The summed E-state index contributed by atoms with van der Waals surface area (Å²) in [6, 6.07) is 19.9. The molecule has 1 aromatic heterocycles. The van der Waals surface area contributed by atoms with Gasteiger partial charge in [-0.05, 0) is 53.6 Å². The Labute approximate surface area is 371 Å². The van der Waals surface area contributed by atoms with E-state index in [0.29, 0.717) is 17.8 Å². The van der Waals surface area contributed by atoms with Gasteiger partial charge in [0, 0.05) is 49.1 Å². The van der Waals surface area contributed by atoms with Crippen LogP contribution >= 0.6 is 0 Å². The molecule has 1 heterocycles. The van der Waals surface area contributed by atoms with Gasteiger partial charge in [0.1, 0.15) is 30.9 Å². The Bertz CT molecular complexity index is 2230. The number of aliphatic hydroxyl groups is 1. The van der Waals surface area contributed by atoms with Crippen molar-refractivity contribution in [1.82, 2.24) is 20.1 Å². The summed E-state index contributed by atoms with van der Waals surface area (Å²) in [4.78, 5) is 74.6. The van der Waals surface area contributed by atoms with E-state index in [1.165, 1.54) is 4.90 Å². The van der Waals surface area contributed by atoms with E-state index in [4.69, 9.17) is 26.1 Å². The molecule has 0 saturated heterocycles. The smallest absolute Gasteiger partial charge is 0.475 e. The SMILES string of the molecule is CC(C)(C)[C@H](c1cc(-c2cc(F)ccc2F)cn1Cc1ccccc1)N(CC[C@H](NC(=O)[C@@H](N)CC(N)=O)C(=O)NCCCC(=O)OCc1ccccc1)C(=O)CO.O=C(O)C(F)(F)F. The quantitative estimate of drug-likeness (QED) is 0.0405. The Morgan fingerprint density at radius 3 is 2.03 bits per heavy atom. The zero-order chi connectivity index (χ0) is 48.5. The average molecular weight is 917 g/mol. The molecule has 0 unspecified atom stereocenters. The maximum absolute atomic E-state index is 15.2. The minimum Gasteiger partial charge on any atom is -0.475 e. The molecule has 4 aromatic rings. The van der Waals surface area contributed by atoms with Crippen molar-refractivity contribution in [1.29, 1.82) is 0 Å². The number of primary amides is 1. The minimum atomic E-state index is -5.08. The van der Waals surface area contributed by atoms with Gasteiger partial charge in [0.2, 0.25) is 23.6 Å². The first-order valence-corrected chi connectivity index (χ1v) is 20.2. The number of carboxylic acids is 1. The van der Waals surface area contributed by atoms with E-state index in [1.807, 2.05) is 86.0 Å². The van der Waals surface area contributed by atoms with Crippen LogP contribution in [0.5, 0.6) is 0 Å². The van der Waals surface area contributed by atoms with E-state index in [2.05, 4.69) is 10.6 Å². The Kier molecular flexibility index (Phi) is 19.8. The summed E-state index contributed by atoms with van der Waals surface area (Å²) in [5.41, 5.74) is 13.0. The highest BCUT2D eigenvalue weighted by atomic mass is 19.4. The van der Waals surface area contributed by atoms with Crippen molar-refractivity contribution in [2.24, 2.45) is 16.9 Å². The zero-order valence-corrected chi connectivity index (χ0v) is 35.9. The first kappa shape index (κ1) is 52.7. The molecule has 0 saturated carbocycles. The summed E-state index contributed by atoms with van der Waals surface area (Å²) < 4.78 is 68.4. The molecule has 4 amide bonds. The van der Waals surface area contributed by atoms with Gasteiger partial charge in [0.25, 0.3) is 0 Å². The number of aliphatic carboxylic acids is 1. The second kappa shape index (κ2) is 24.4. The van der Waals surface area contributed by atoms with E-state index >= 15 is 4.39 Å². The van der Waals surface area contributed by atoms with Gasteiger partial charge >= 0.3 is 18.1 Å². The summed E-state index contributed by atoms with van der Waals surface area (Å²) in [6.07, 6.45) is -3.85. The number of hydrogen-bond acceptors (Lipinski definition) is 9. The van der Waals surface area contributed by atoms with Gasteiger partial charge in [-0.3, -0.25) is 24.0 Å². The van der Waals surface area contributed by atoms with Crippen LogP contribution in [0.2, 0.25) is 0 Å². The number of amides is 4. The van der Waals surface area contributed by atoms with Crippen LogP contribution in [0.3, 0.4) is 0 Å². The number of benzene rings is 3. The van der Waals surface area contributed by atoms with Crippen molar-refractivity contribution in [2.75, 3.05) is 19.7 Å². The molecule has 0 aliphatic heterocycles. The highest BCUT2D eigenvalue weighted by Gasteiger charge is 2.39. The summed E-state index contributed by atoms with van der Waals surface area (Å²) in [7, 11) is 0. The highest BCUT2D eigenvalue weighted by Crippen LogP contribution is 2.41. The number of halogens is 5. The fourth-order valence-electron chi connectivity index (χ4n) is 6.60. The van der Waals surface area contributed by atoms with Gasteiger partial charge in [0.05, 0.1) is 18.5 Å². The second-order valence-electron chi connectivity index (χ2n) is 15.9. The van der Waals surface area contributed by atoms with Crippen molar-refractivity contribution in [2.45, 2.75) is 83.9 Å². The van der Waals surface area contributed by atoms with Crippen LogP contribution in [-0.4, -0.2) is 93.2 Å². The molecule has 0 fully saturated rings. The number of carbonyl (C=O) groups excluding carboxylic acids is 5. The Balaban J connectivity index is 0.00000148. The molecular weight excluding hydrogens is 864 g/mol. The topological polar surface area (TPSA) is 236 Å². The molecule has 352 valence electrons. The van der Waals surface area contributed by atoms with Crippen LogP contribution in [0.15, 0.2) is 91.1 Å². The number of hydrogen-bond donors (Lipinski definition) is 6. The Morgan fingerprint density at radius 1 is 0.877 bits per heavy atom. The van der Waals surface area contributed by atoms with Crippen molar-refractivity contribution < 1.29 is 65.7 Å². The number of nitrogens with one attached hydrogen (secondary N) is 2. The van der Waals surface area contributed by atoms with Gasteiger partial charge < -0.3 is 46.5 Å². The number of aliphatic hydroxyl groups excluding tert-OH is 1. The van der Waals surface area contributed by atoms with Crippen LogP contribution in [0.4, 0.5) is 22.0 Å². The molecule has 3 aromatic carbocycles. The van der Waals surface area contributed by atoms with Crippen molar-refractivity contribution in [3.05, 3.63) is 120 Å². The van der Waals surface area contributed by atoms with Gasteiger partial charge in [-0.1, -0.05) is 81.4 Å². The monoisotopic (exact) mass is 916 g/mol. The molecule has 0 radical (unpaired) electrons. The number of ether oxygens (including phenoxy) is 1. The number of aromatic nitrogens is 1. The summed E-state index contributed by atoms with van der Waals surface area (Å²) in [6.45, 7) is 4.96. The van der Waals surface area contributed by atoms with Crippen LogP contribution < -0.4 is 22.1 Å². The third-order valence-electron chi connectivity index (χ3n) is 9.62. The molecule has 0 spiro atoms. The fraction of sp³-hybridized carbons (Fsp3) is 0.378. The molecular formula is C45H53F5N6O9. The number of rotatable bonds is 20. The Morgan fingerprint density at radius 2 is 1.48 bits per heavy atom. The van der Waals surface area contributed by atoms with Crippen LogP contribution in [0.25, 0.3) is 11.1 Å². The lowest BCUT2D eigenvalue weighted by Gasteiger charge is -2.41. The lowest BCUT2D eigenvalue weighted by Crippen LogP contribution is -2.54. The molecule has 8 N–H and O–H groups in total. The Hall–Kier alpha value is -6.67. The predicted octanol–water partition coefficient (Wildman–Crippen LogP) is 4.74. The summed E-state index contributed by atoms with van der Waals surface area (Å²) in [5, 5.41) is 22.6. The molecule has 0 bridgehead atoms. The fourth-order valence-corrected chi connectivity index (χ4v) is 6.60. The summed E-state index contributed by atoms with van der Waals surface area (Å²) >= 11 is 0. The molecule has 0 aliphatic carbocycles. The van der Waals surface area contributed by atoms with Gasteiger partial charge in [-0.15, -0.1) is 0 Å². The minimum absolute atomic E-state index is 0.00378. The molecule has 65 heavy (non-hydrogen) atoms. The average Bonchev–Trinajstić information content (AvgIpc) is 3.64. The van der Waals surface area contributed by atoms with Gasteiger partial charge in [-0.25, -0.2) is 13.6 Å². The molecule has 0 aliphatic rings. The van der Waals surface area contributed by atoms with Crippen LogP contribution in [-0.2, 0) is 46.7 Å².